The molecule has 0 amide bonds. The lowest BCUT2D eigenvalue weighted by Gasteiger charge is -2.18. The van der Waals surface area contributed by atoms with Gasteiger partial charge in [0.05, 0.1) is 0 Å². The van der Waals surface area contributed by atoms with Crippen molar-refractivity contribution in [2.24, 2.45) is 11.7 Å². The Bertz CT molecular complexity index is 367. The zero-order valence-electron chi connectivity index (χ0n) is 9.62. The fourth-order valence-corrected chi connectivity index (χ4v) is 2.21. The summed E-state index contributed by atoms with van der Waals surface area (Å²) >= 11 is 0. The van der Waals surface area contributed by atoms with Crippen molar-refractivity contribution in [1.29, 1.82) is 0 Å². The highest BCUT2D eigenvalue weighted by Gasteiger charge is 2.24. The van der Waals surface area contributed by atoms with Crippen LogP contribution in [0.2, 0.25) is 0 Å². The van der Waals surface area contributed by atoms with Crippen molar-refractivity contribution < 1.29 is 4.39 Å². The summed E-state index contributed by atoms with van der Waals surface area (Å²) in [5.74, 6) is 0.892. The number of rotatable bonds is 3. The normalized spacial score (nSPS) is 20.4. The number of nitrogens with zero attached hydrogens (tertiary/aromatic N) is 2. The van der Waals surface area contributed by atoms with E-state index in [1.54, 1.807) is 12.3 Å². The van der Waals surface area contributed by atoms with Crippen LogP contribution < -0.4 is 10.6 Å². The van der Waals surface area contributed by atoms with E-state index < -0.39 is 0 Å². The highest BCUT2D eigenvalue weighted by molar-refractivity contribution is 5.44. The SMILES string of the molecule is CCC1CCN(c2nccc(CN)c2F)C1. The molecular weight excluding hydrogens is 205 g/mol. The number of hydrogen-bond donors (Lipinski definition) is 1. The lowest BCUT2D eigenvalue weighted by Crippen LogP contribution is -2.22. The predicted octanol–water partition coefficient (Wildman–Crippen LogP) is 1.92. The van der Waals surface area contributed by atoms with Crippen LogP contribution in [0.1, 0.15) is 25.3 Å². The van der Waals surface area contributed by atoms with Gasteiger partial charge in [-0.25, -0.2) is 9.37 Å². The average Bonchev–Trinajstić information content (AvgIpc) is 2.78. The van der Waals surface area contributed by atoms with Crippen molar-refractivity contribution in [3.63, 3.8) is 0 Å². The summed E-state index contributed by atoms with van der Waals surface area (Å²) < 4.78 is 14.0. The summed E-state index contributed by atoms with van der Waals surface area (Å²) in [6.45, 7) is 4.21. The van der Waals surface area contributed by atoms with Gasteiger partial charge in [-0.3, -0.25) is 0 Å². The molecular formula is C12H18FN3. The van der Waals surface area contributed by atoms with Gasteiger partial charge >= 0.3 is 0 Å². The molecule has 0 aromatic carbocycles. The number of halogens is 1. The molecule has 1 atom stereocenters. The van der Waals surface area contributed by atoms with E-state index in [9.17, 15) is 4.39 Å². The quantitative estimate of drug-likeness (QED) is 0.851. The Morgan fingerprint density at radius 2 is 2.44 bits per heavy atom. The second-order valence-corrected chi connectivity index (χ2v) is 4.32. The van der Waals surface area contributed by atoms with Crippen molar-refractivity contribution in [2.75, 3.05) is 18.0 Å². The molecule has 1 saturated heterocycles. The first-order valence-corrected chi connectivity index (χ1v) is 5.84. The van der Waals surface area contributed by atoms with E-state index in [0.717, 1.165) is 25.9 Å². The van der Waals surface area contributed by atoms with Gasteiger partial charge in [-0.2, -0.15) is 0 Å². The van der Waals surface area contributed by atoms with Crippen LogP contribution in [-0.4, -0.2) is 18.1 Å². The van der Waals surface area contributed by atoms with E-state index in [1.165, 1.54) is 0 Å². The summed E-state index contributed by atoms with van der Waals surface area (Å²) in [5, 5.41) is 0. The molecule has 4 heteroatoms. The third kappa shape index (κ3) is 2.02. The molecule has 3 nitrogen and oxygen atoms in total. The van der Waals surface area contributed by atoms with E-state index in [1.807, 2.05) is 4.90 Å². The number of nitrogens with two attached hydrogens (primary N) is 1. The van der Waals surface area contributed by atoms with Gasteiger partial charge in [0.2, 0.25) is 0 Å². The first-order valence-electron chi connectivity index (χ1n) is 5.84. The largest absolute Gasteiger partial charge is 0.354 e. The Morgan fingerprint density at radius 3 is 3.06 bits per heavy atom. The Morgan fingerprint density at radius 1 is 1.62 bits per heavy atom. The second kappa shape index (κ2) is 4.78. The molecule has 2 N–H and O–H groups in total. The smallest absolute Gasteiger partial charge is 0.170 e. The van der Waals surface area contributed by atoms with Crippen molar-refractivity contribution in [1.82, 2.24) is 4.98 Å². The first-order chi connectivity index (χ1) is 7.76. The van der Waals surface area contributed by atoms with Gasteiger partial charge in [0.15, 0.2) is 11.6 Å². The Balaban J connectivity index is 2.21. The van der Waals surface area contributed by atoms with Gasteiger partial charge in [-0.15, -0.1) is 0 Å². The molecule has 1 aromatic heterocycles. The zero-order valence-corrected chi connectivity index (χ0v) is 9.62. The van der Waals surface area contributed by atoms with Crippen LogP contribution in [-0.2, 0) is 6.54 Å². The number of anilines is 1. The van der Waals surface area contributed by atoms with Crippen LogP contribution in [0.15, 0.2) is 12.3 Å². The summed E-state index contributed by atoms with van der Waals surface area (Å²) in [6, 6.07) is 1.65. The summed E-state index contributed by atoms with van der Waals surface area (Å²) in [7, 11) is 0. The molecule has 1 aromatic rings. The van der Waals surface area contributed by atoms with Gasteiger partial charge in [-0.1, -0.05) is 13.3 Å². The number of pyridine rings is 1. The molecule has 1 aliphatic rings. The van der Waals surface area contributed by atoms with Crippen molar-refractivity contribution >= 4 is 5.82 Å². The van der Waals surface area contributed by atoms with E-state index in [0.29, 0.717) is 17.3 Å². The van der Waals surface area contributed by atoms with E-state index >= 15 is 0 Å². The molecule has 1 unspecified atom stereocenters. The van der Waals surface area contributed by atoms with Gasteiger partial charge in [-0.05, 0) is 18.4 Å². The Hall–Kier alpha value is -1.16. The van der Waals surface area contributed by atoms with Crippen LogP contribution in [0.25, 0.3) is 0 Å². The number of aromatic nitrogens is 1. The fourth-order valence-electron chi connectivity index (χ4n) is 2.21. The second-order valence-electron chi connectivity index (χ2n) is 4.32. The van der Waals surface area contributed by atoms with E-state index in [-0.39, 0.29) is 12.4 Å². The molecule has 2 heterocycles. The van der Waals surface area contributed by atoms with Crippen molar-refractivity contribution in [2.45, 2.75) is 26.3 Å². The van der Waals surface area contributed by atoms with Crippen LogP contribution >= 0.6 is 0 Å². The molecule has 88 valence electrons. The van der Waals surface area contributed by atoms with Gasteiger partial charge < -0.3 is 10.6 Å². The molecule has 0 spiro atoms. The molecule has 0 bridgehead atoms. The monoisotopic (exact) mass is 223 g/mol. The molecule has 2 rings (SSSR count). The van der Waals surface area contributed by atoms with Gasteiger partial charge in [0.25, 0.3) is 0 Å². The molecule has 16 heavy (non-hydrogen) atoms. The molecule has 0 saturated carbocycles. The zero-order chi connectivity index (χ0) is 11.5. The van der Waals surface area contributed by atoms with Crippen LogP contribution in [0.4, 0.5) is 10.2 Å². The predicted molar refractivity (Wildman–Crippen MR) is 62.7 cm³/mol. The Labute approximate surface area is 95.5 Å². The first kappa shape index (κ1) is 11.3. The van der Waals surface area contributed by atoms with Crippen LogP contribution in [0.5, 0.6) is 0 Å². The highest BCUT2D eigenvalue weighted by atomic mass is 19.1. The third-order valence-electron chi connectivity index (χ3n) is 3.33. The molecule has 1 aliphatic heterocycles. The lowest BCUT2D eigenvalue weighted by atomic mass is 10.1. The van der Waals surface area contributed by atoms with Crippen LogP contribution in [0.3, 0.4) is 0 Å². The minimum atomic E-state index is -0.248. The summed E-state index contributed by atoms with van der Waals surface area (Å²) in [4.78, 5) is 6.16. The maximum atomic E-state index is 14.0. The van der Waals surface area contributed by atoms with E-state index in [2.05, 4.69) is 11.9 Å². The highest BCUT2D eigenvalue weighted by Crippen LogP contribution is 2.27. The average molecular weight is 223 g/mol. The Kier molecular flexibility index (Phi) is 3.39. The topological polar surface area (TPSA) is 42.2 Å². The molecule has 0 aliphatic carbocycles. The maximum absolute atomic E-state index is 14.0. The van der Waals surface area contributed by atoms with E-state index in [4.69, 9.17) is 5.73 Å². The van der Waals surface area contributed by atoms with Crippen molar-refractivity contribution in [3.8, 4) is 0 Å². The molecule has 0 radical (unpaired) electrons. The minimum Gasteiger partial charge on any atom is -0.354 e. The lowest BCUT2D eigenvalue weighted by molar-refractivity contribution is 0.564. The summed E-state index contributed by atoms with van der Waals surface area (Å²) in [6.07, 6.45) is 3.92. The maximum Gasteiger partial charge on any atom is 0.170 e. The number of hydrogen-bond acceptors (Lipinski definition) is 3. The summed E-state index contributed by atoms with van der Waals surface area (Å²) in [5.41, 5.74) is 6.03. The fraction of sp³-hybridized carbons (Fsp3) is 0.583. The third-order valence-corrected chi connectivity index (χ3v) is 3.33. The minimum absolute atomic E-state index is 0.229. The van der Waals surface area contributed by atoms with Crippen molar-refractivity contribution in [3.05, 3.63) is 23.6 Å². The van der Waals surface area contributed by atoms with Gasteiger partial charge in [0.1, 0.15) is 0 Å². The van der Waals surface area contributed by atoms with Gasteiger partial charge in [0, 0.05) is 31.4 Å². The molecule has 1 fully saturated rings. The standard InChI is InChI=1S/C12H18FN3/c1-2-9-4-6-16(8-9)12-11(13)10(7-14)3-5-15-12/h3,5,9H,2,4,6-8,14H2,1H3. The van der Waals surface area contributed by atoms with Crippen LogP contribution in [0, 0.1) is 11.7 Å².